The van der Waals surface area contributed by atoms with E-state index >= 15 is 0 Å². The third kappa shape index (κ3) is 2.58. The Morgan fingerprint density at radius 2 is 2.05 bits per heavy atom. The molecule has 19 heavy (non-hydrogen) atoms. The first-order valence-corrected chi connectivity index (χ1v) is 6.02. The van der Waals surface area contributed by atoms with Crippen LogP contribution in [0.5, 0.6) is 0 Å². The number of hydrogen-bond acceptors (Lipinski definition) is 4. The fourth-order valence-corrected chi connectivity index (χ4v) is 2.62. The molecule has 0 saturated heterocycles. The number of aromatic nitrogens is 2. The monoisotopic (exact) mass is 285 g/mol. The summed E-state index contributed by atoms with van der Waals surface area (Å²) in [5.41, 5.74) is 0.148. The van der Waals surface area contributed by atoms with Crippen molar-refractivity contribution in [2.75, 3.05) is 0 Å². The molecule has 0 saturated carbocycles. The molecule has 0 fully saturated rings. The molecule has 0 aliphatic heterocycles. The van der Waals surface area contributed by atoms with Gasteiger partial charge in [0.05, 0.1) is 4.92 Å². The molecule has 0 radical (unpaired) electrons. The van der Waals surface area contributed by atoms with Crippen LogP contribution in [0.1, 0.15) is 5.69 Å². The summed E-state index contributed by atoms with van der Waals surface area (Å²) in [5, 5.41) is 15.2. The van der Waals surface area contributed by atoms with Gasteiger partial charge in [-0.2, -0.15) is 5.10 Å². The van der Waals surface area contributed by atoms with E-state index in [4.69, 9.17) is 0 Å². The highest BCUT2D eigenvalue weighted by atomic mass is 32.2. The van der Waals surface area contributed by atoms with Crippen LogP contribution in [0.2, 0.25) is 0 Å². The molecule has 2 aromatic rings. The number of hydrogen-bond donors (Lipinski definition) is 0. The zero-order valence-electron chi connectivity index (χ0n) is 10.1. The lowest BCUT2D eigenvalue weighted by Crippen LogP contribution is -1.95. The maximum Gasteiger partial charge on any atom is 0.324 e. The number of nitro groups is 1. The van der Waals surface area contributed by atoms with E-state index in [-0.39, 0.29) is 16.4 Å². The first-order chi connectivity index (χ1) is 8.90. The van der Waals surface area contributed by atoms with Crippen molar-refractivity contribution in [1.29, 1.82) is 0 Å². The summed E-state index contributed by atoms with van der Waals surface area (Å²) in [4.78, 5) is 10.8. The second-order valence-electron chi connectivity index (χ2n) is 3.80. The van der Waals surface area contributed by atoms with Crippen LogP contribution in [0.3, 0.4) is 0 Å². The highest BCUT2D eigenvalue weighted by Gasteiger charge is 2.24. The van der Waals surface area contributed by atoms with Crippen molar-refractivity contribution in [3.8, 4) is 0 Å². The van der Waals surface area contributed by atoms with Crippen LogP contribution < -0.4 is 0 Å². The van der Waals surface area contributed by atoms with E-state index in [1.165, 1.54) is 17.7 Å². The Labute approximate surface area is 111 Å². The Kier molecular flexibility index (Phi) is 3.52. The molecule has 5 nitrogen and oxygen atoms in total. The van der Waals surface area contributed by atoms with Gasteiger partial charge < -0.3 is 0 Å². The third-order valence-electron chi connectivity index (χ3n) is 2.43. The van der Waals surface area contributed by atoms with Gasteiger partial charge in [0.15, 0.2) is 16.7 Å². The van der Waals surface area contributed by atoms with Gasteiger partial charge in [-0.05, 0) is 25.1 Å². The molecule has 1 aromatic heterocycles. The van der Waals surface area contributed by atoms with Crippen molar-refractivity contribution < 1.29 is 13.7 Å². The summed E-state index contributed by atoms with van der Waals surface area (Å²) >= 11 is 0.965. The largest absolute Gasteiger partial charge is 0.324 e. The van der Waals surface area contributed by atoms with Gasteiger partial charge in [-0.15, -0.1) is 0 Å². The summed E-state index contributed by atoms with van der Waals surface area (Å²) in [6.07, 6.45) is 0. The smallest absolute Gasteiger partial charge is 0.258 e. The third-order valence-corrected chi connectivity index (χ3v) is 3.57. The van der Waals surface area contributed by atoms with Gasteiger partial charge in [-0.1, -0.05) is 11.8 Å². The number of aryl methyl sites for hydroxylation is 2. The summed E-state index contributed by atoms with van der Waals surface area (Å²) in [7, 11) is 1.56. The van der Waals surface area contributed by atoms with E-state index in [1.54, 1.807) is 7.05 Å². The maximum atomic E-state index is 13.1. The number of benzene rings is 1. The lowest BCUT2D eigenvalue weighted by atomic mass is 10.3. The van der Waals surface area contributed by atoms with Gasteiger partial charge in [-0.25, -0.2) is 8.78 Å². The van der Waals surface area contributed by atoms with Crippen LogP contribution in [0, 0.1) is 28.7 Å². The van der Waals surface area contributed by atoms with Crippen molar-refractivity contribution in [3.63, 3.8) is 0 Å². The van der Waals surface area contributed by atoms with Gasteiger partial charge in [0.2, 0.25) is 0 Å². The Hall–Kier alpha value is -1.96. The predicted octanol–water partition coefficient (Wildman–Crippen LogP) is 3.07. The summed E-state index contributed by atoms with van der Waals surface area (Å²) in [6, 6.07) is 3.33. The van der Waals surface area contributed by atoms with Crippen molar-refractivity contribution in [1.82, 2.24) is 9.78 Å². The Morgan fingerprint density at radius 3 is 2.63 bits per heavy atom. The van der Waals surface area contributed by atoms with Gasteiger partial charge >= 0.3 is 5.69 Å². The van der Waals surface area contributed by atoms with E-state index in [0.717, 1.165) is 23.9 Å². The molecule has 0 unspecified atom stereocenters. The SMILES string of the molecule is Cc1nn(C)c(Sc2ccc(F)c(F)c2)c1[N+](=O)[O-]. The molecule has 0 bridgehead atoms. The second kappa shape index (κ2) is 4.96. The van der Waals surface area contributed by atoms with Gasteiger partial charge in [0.1, 0.15) is 5.69 Å². The van der Waals surface area contributed by atoms with Crippen LogP contribution in [0.15, 0.2) is 28.1 Å². The van der Waals surface area contributed by atoms with Gasteiger partial charge in [0.25, 0.3) is 0 Å². The molecule has 0 aliphatic rings. The van der Waals surface area contributed by atoms with Crippen LogP contribution in [0.25, 0.3) is 0 Å². The van der Waals surface area contributed by atoms with Crippen LogP contribution in [-0.2, 0) is 7.05 Å². The minimum Gasteiger partial charge on any atom is -0.258 e. The molecule has 2 rings (SSSR count). The fraction of sp³-hybridized carbons (Fsp3) is 0.182. The molecule has 100 valence electrons. The zero-order valence-corrected chi connectivity index (χ0v) is 10.9. The van der Waals surface area contributed by atoms with Crippen molar-refractivity contribution in [3.05, 3.63) is 45.6 Å². The molecule has 0 spiro atoms. The van der Waals surface area contributed by atoms with Crippen LogP contribution in [0.4, 0.5) is 14.5 Å². The van der Waals surface area contributed by atoms with Gasteiger partial charge in [0, 0.05) is 11.9 Å². The number of nitrogens with zero attached hydrogens (tertiary/aromatic N) is 3. The van der Waals surface area contributed by atoms with E-state index in [2.05, 4.69) is 5.10 Å². The summed E-state index contributed by atoms with van der Waals surface area (Å²) in [5.74, 6) is -1.95. The number of rotatable bonds is 3. The van der Waals surface area contributed by atoms with Crippen molar-refractivity contribution >= 4 is 17.4 Å². The highest BCUT2D eigenvalue weighted by Crippen LogP contribution is 2.36. The molecule has 0 amide bonds. The Bertz CT molecular complexity index is 658. The standard InChI is InChI=1S/C11H9F2N3O2S/c1-6-10(16(17)18)11(15(2)14-6)19-7-3-4-8(12)9(13)5-7/h3-5H,1-2H3. The molecule has 0 atom stereocenters. The number of halogens is 2. The van der Waals surface area contributed by atoms with E-state index < -0.39 is 16.6 Å². The Balaban J connectivity index is 2.43. The topological polar surface area (TPSA) is 61.0 Å². The maximum absolute atomic E-state index is 13.1. The second-order valence-corrected chi connectivity index (χ2v) is 4.86. The first kappa shape index (κ1) is 13.5. The van der Waals surface area contributed by atoms with Crippen molar-refractivity contribution in [2.45, 2.75) is 16.8 Å². The first-order valence-electron chi connectivity index (χ1n) is 5.21. The van der Waals surface area contributed by atoms with Crippen LogP contribution in [-0.4, -0.2) is 14.7 Å². The molecular weight excluding hydrogens is 276 g/mol. The summed E-state index contributed by atoms with van der Waals surface area (Å²) in [6.45, 7) is 1.52. The van der Waals surface area contributed by atoms with E-state index in [1.807, 2.05) is 0 Å². The van der Waals surface area contributed by atoms with Crippen LogP contribution >= 0.6 is 11.8 Å². The molecular formula is C11H9F2N3O2S. The average Bonchev–Trinajstić information content (AvgIpc) is 2.59. The minimum atomic E-state index is -0.994. The molecule has 0 aliphatic carbocycles. The van der Waals surface area contributed by atoms with Gasteiger partial charge in [-0.3, -0.25) is 14.8 Å². The normalized spacial score (nSPS) is 10.7. The van der Waals surface area contributed by atoms with Crippen molar-refractivity contribution in [2.24, 2.45) is 7.05 Å². The van der Waals surface area contributed by atoms with E-state index in [9.17, 15) is 18.9 Å². The summed E-state index contributed by atoms with van der Waals surface area (Å²) < 4.78 is 27.3. The minimum absolute atomic E-state index is 0.128. The Morgan fingerprint density at radius 1 is 1.37 bits per heavy atom. The average molecular weight is 285 g/mol. The lowest BCUT2D eigenvalue weighted by molar-refractivity contribution is -0.388. The quantitative estimate of drug-likeness (QED) is 0.642. The lowest BCUT2D eigenvalue weighted by Gasteiger charge is -2.02. The highest BCUT2D eigenvalue weighted by molar-refractivity contribution is 7.99. The molecule has 1 heterocycles. The fourth-order valence-electron chi connectivity index (χ4n) is 1.60. The molecule has 0 N–H and O–H groups in total. The molecule has 8 heteroatoms. The zero-order chi connectivity index (χ0) is 14.2. The predicted molar refractivity (Wildman–Crippen MR) is 65.1 cm³/mol. The van der Waals surface area contributed by atoms with E-state index in [0.29, 0.717) is 4.90 Å². The molecule has 1 aromatic carbocycles.